The van der Waals surface area contributed by atoms with Gasteiger partial charge in [0, 0.05) is 22.8 Å². The highest BCUT2D eigenvalue weighted by Gasteiger charge is 2.16. The van der Waals surface area contributed by atoms with E-state index in [4.69, 9.17) is 9.47 Å². The van der Waals surface area contributed by atoms with E-state index in [0.29, 0.717) is 36.0 Å². The van der Waals surface area contributed by atoms with Crippen molar-refractivity contribution in [2.24, 2.45) is 0 Å². The molecule has 132 valence electrons. The number of nitrogens with zero attached hydrogens (tertiary/aromatic N) is 1. The van der Waals surface area contributed by atoms with Crippen molar-refractivity contribution in [3.63, 3.8) is 0 Å². The number of benzene rings is 2. The number of anilines is 1. The molecule has 3 aromatic rings. The smallest absolute Gasteiger partial charge is 0.256 e. The lowest BCUT2D eigenvalue weighted by Crippen LogP contribution is -2.17. The van der Waals surface area contributed by atoms with Gasteiger partial charge in [-0.1, -0.05) is 32.0 Å². The molecule has 0 saturated heterocycles. The van der Waals surface area contributed by atoms with Gasteiger partial charge in [-0.3, -0.25) is 9.78 Å². The number of para-hydroxylation sites is 1. The number of aromatic nitrogens is 1. The molecular weight excluding hydrogens is 328 g/mol. The van der Waals surface area contributed by atoms with E-state index in [-0.39, 0.29) is 11.8 Å². The van der Waals surface area contributed by atoms with Crippen LogP contribution in [0.15, 0.2) is 48.5 Å². The lowest BCUT2D eigenvalue weighted by atomic mass is 10.0. The van der Waals surface area contributed by atoms with Crippen molar-refractivity contribution in [1.82, 2.24) is 4.98 Å². The Morgan fingerprint density at radius 1 is 1.04 bits per heavy atom. The molecule has 2 aromatic carbocycles. The van der Waals surface area contributed by atoms with Gasteiger partial charge in [0.25, 0.3) is 5.91 Å². The molecule has 0 saturated carbocycles. The second-order valence-electron chi connectivity index (χ2n) is 6.58. The Morgan fingerprint density at radius 2 is 1.81 bits per heavy atom. The van der Waals surface area contributed by atoms with Crippen LogP contribution in [0, 0.1) is 0 Å². The van der Waals surface area contributed by atoms with Gasteiger partial charge in [-0.2, -0.15) is 0 Å². The first-order valence-corrected chi connectivity index (χ1v) is 8.72. The Kier molecular flexibility index (Phi) is 4.21. The molecule has 0 fully saturated rings. The zero-order valence-corrected chi connectivity index (χ0v) is 14.8. The molecular formula is C21H20N2O3. The molecule has 1 aliphatic rings. The Balaban J connectivity index is 1.70. The average molecular weight is 348 g/mol. The molecule has 1 N–H and O–H groups in total. The topological polar surface area (TPSA) is 60.5 Å². The summed E-state index contributed by atoms with van der Waals surface area (Å²) in [6, 6.07) is 15.0. The van der Waals surface area contributed by atoms with Crippen LogP contribution in [0.5, 0.6) is 11.5 Å². The Morgan fingerprint density at radius 3 is 2.62 bits per heavy atom. The minimum Gasteiger partial charge on any atom is -0.486 e. The van der Waals surface area contributed by atoms with Gasteiger partial charge in [0.1, 0.15) is 13.2 Å². The van der Waals surface area contributed by atoms with E-state index < -0.39 is 0 Å². The zero-order valence-electron chi connectivity index (χ0n) is 14.8. The summed E-state index contributed by atoms with van der Waals surface area (Å²) in [5, 5.41) is 3.80. The number of hydrogen-bond acceptors (Lipinski definition) is 4. The molecule has 1 aromatic heterocycles. The third-order valence-corrected chi connectivity index (χ3v) is 4.37. The van der Waals surface area contributed by atoms with Crippen molar-refractivity contribution >= 4 is 22.5 Å². The fourth-order valence-corrected chi connectivity index (χ4v) is 3.00. The molecule has 0 atom stereocenters. The maximum absolute atomic E-state index is 13.0. The van der Waals surface area contributed by atoms with Crippen molar-refractivity contribution in [2.75, 3.05) is 18.5 Å². The highest BCUT2D eigenvalue weighted by molar-refractivity contribution is 6.12. The van der Waals surface area contributed by atoms with Crippen LogP contribution >= 0.6 is 0 Å². The number of fused-ring (bicyclic) bond motifs is 2. The quantitative estimate of drug-likeness (QED) is 0.763. The second kappa shape index (κ2) is 6.67. The lowest BCUT2D eigenvalue weighted by Gasteiger charge is -2.19. The van der Waals surface area contributed by atoms with Crippen LogP contribution in [0.4, 0.5) is 5.69 Å². The molecule has 0 spiro atoms. The van der Waals surface area contributed by atoms with Crippen molar-refractivity contribution in [2.45, 2.75) is 19.8 Å². The molecule has 5 nitrogen and oxygen atoms in total. The van der Waals surface area contributed by atoms with Crippen LogP contribution in [0.2, 0.25) is 0 Å². The number of carbonyl (C=O) groups is 1. The standard InChI is InChI=1S/C21H20N2O3/c1-13(2)18-12-16(15-5-3-4-6-17(15)23-18)21(24)22-14-7-8-19-20(11-14)26-10-9-25-19/h3-8,11-13H,9-10H2,1-2H3,(H,22,24). The van der Waals surface area contributed by atoms with E-state index in [9.17, 15) is 4.79 Å². The van der Waals surface area contributed by atoms with Gasteiger partial charge in [0.05, 0.1) is 11.1 Å². The van der Waals surface area contributed by atoms with Crippen LogP contribution < -0.4 is 14.8 Å². The predicted molar refractivity (Wildman–Crippen MR) is 101 cm³/mol. The molecule has 0 unspecified atom stereocenters. The summed E-state index contributed by atoms with van der Waals surface area (Å²) in [6.45, 7) is 5.19. The lowest BCUT2D eigenvalue weighted by molar-refractivity contribution is 0.102. The molecule has 0 radical (unpaired) electrons. The van der Waals surface area contributed by atoms with Gasteiger partial charge in [-0.05, 0) is 30.2 Å². The minimum atomic E-state index is -0.165. The number of carbonyl (C=O) groups excluding carboxylic acids is 1. The van der Waals surface area contributed by atoms with Crippen LogP contribution in [0.3, 0.4) is 0 Å². The van der Waals surface area contributed by atoms with Crippen LogP contribution in [0.1, 0.15) is 35.8 Å². The van der Waals surface area contributed by atoms with E-state index in [0.717, 1.165) is 16.6 Å². The maximum Gasteiger partial charge on any atom is 0.256 e. The monoisotopic (exact) mass is 348 g/mol. The fraction of sp³-hybridized carbons (Fsp3) is 0.238. The van der Waals surface area contributed by atoms with Crippen LogP contribution in [-0.4, -0.2) is 24.1 Å². The second-order valence-corrected chi connectivity index (χ2v) is 6.58. The molecule has 5 heteroatoms. The first-order chi connectivity index (χ1) is 12.6. The number of hydrogen-bond donors (Lipinski definition) is 1. The molecule has 0 aliphatic carbocycles. The van der Waals surface area contributed by atoms with E-state index in [1.54, 1.807) is 6.07 Å². The first-order valence-electron chi connectivity index (χ1n) is 8.72. The molecule has 4 rings (SSSR count). The third kappa shape index (κ3) is 3.08. The summed E-state index contributed by atoms with van der Waals surface area (Å²) in [6.07, 6.45) is 0. The molecule has 0 bridgehead atoms. The number of amides is 1. The Hall–Kier alpha value is -3.08. The largest absolute Gasteiger partial charge is 0.486 e. The zero-order chi connectivity index (χ0) is 18.1. The van der Waals surface area contributed by atoms with Gasteiger partial charge in [0.15, 0.2) is 11.5 Å². The maximum atomic E-state index is 13.0. The summed E-state index contributed by atoms with van der Waals surface area (Å²) < 4.78 is 11.1. The Bertz CT molecular complexity index is 982. The number of pyridine rings is 1. The van der Waals surface area contributed by atoms with Crippen molar-refractivity contribution in [1.29, 1.82) is 0 Å². The van der Waals surface area contributed by atoms with Gasteiger partial charge in [0.2, 0.25) is 0 Å². The normalized spacial score (nSPS) is 13.0. The number of ether oxygens (including phenoxy) is 2. The van der Waals surface area contributed by atoms with Crippen molar-refractivity contribution < 1.29 is 14.3 Å². The summed E-state index contributed by atoms with van der Waals surface area (Å²) in [5.74, 6) is 1.42. The minimum absolute atomic E-state index is 0.165. The van der Waals surface area contributed by atoms with E-state index in [1.165, 1.54) is 0 Å². The molecule has 26 heavy (non-hydrogen) atoms. The number of nitrogens with one attached hydrogen (secondary N) is 1. The molecule has 1 amide bonds. The first kappa shape index (κ1) is 16.4. The third-order valence-electron chi connectivity index (χ3n) is 4.37. The summed E-state index contributed by atoms with van der Waals surface area (Å²) in [5.41, 5.74) is 3.02. The summed E-state index contributed by atoms with van der Waals surface area (Å²) in [4.78, 5) is 17.6. The van der Waals surface area contributed by atoms with Crippen LogP contribution in [0.25, 0.3) is 10.9 Å². The van der Waals surface area contributed by atoms with Crippen molar-refractivity contribution in [3.8, 4) is 11.5 Å². The molecule has 1 aliphatic heterocycles. The highest BCUT2D eigenvalue weighted by atomic mass is 16.6. The Labute approximate surface area is 152 Å². The van der Waals surface area contributed by atoms with Crippen molar-refractivity contribution in [3.05, 3.63) is 59.8 Å². The van der Waals surface area contributed by atoms with Crippen LogP contribution in [-0.2, 0) is 0 Å². The van der Waals surface area contributed by atoms with E-state index >= 15 is 0 Å². The van der Waals surface area contributed by atoms with E-state index in [2.05, 4.69) is 24.1 Å². The predicted octanol–water partition coefficient (Wildman–Crippen LogP) is 4.38. The SMILES string of the molecule is CC(C)c1cc(C(=O)Nc2ccc3c(c2)OCCO3)c2ccccc2n1. The average Bonchev–Trinajstić information content (AvgIpc) is 2.67. The van der Waals surface area contributed by atoms with Gasteiger partial charge in [-0.15, -0.1) is 0 Å². The van der Waals surface area contributed by atoms with Gasteiger partial charge in [-0.25, -0.2) is 0 Å². The summed E-state index contributed by atoms with van der Waals surface area (Å²) >= 11 is 0. The fourth-order valence-electron chi connectivity index (χ4n) is 3.00. The summed E-state index contributed by atoms with van der Waals surface area (Å²) in [7, 11) is 0. The molecule has 2 heterocycles. The van der Waals surface area contributed by atoms with Gasteiger partial charge < -0.3 is 14.8 Å². The van der Waals surface area contributed by atoms with Gasteiger partial charge >= 0.3 is 0 Å². The highest BCUT2D eigenvalue weighted by Crippen LogP contribution is 2.33. The number of rotatable bonds is 3. The van der Waals surface area contributed by atoms with E-state index in [1.807, 2.05) is 42.5 Å².